The Hall–Kier alpha value is -0.590. The van der Waals surface area contributed by atoms with E-state index in [9.17, 15) is 4.79 Å². The molecule has 0 aliphatic carbocycles. The van der Waals surface area contributed by atoms with Crippen molar-refractivity contribution in [2.24, 2.45) is 11.8 Å². The molecule has 0 spiro atoms. The summed E-state index contributed by atoms with van der Waals surface area (Å²) in [5.74, 6) is 1.31. The summed E-state index contributed by atoms with van der Waals surface area (Å²) in [6, 6.07) is 0. The molecule has 0 saturated carbocycles. The molecule has 0 N–H and O–H groups in total. The van der Waals surface area contributed by atoms with Crippen molar-refractivity contribution in [3.8, 4) is 0 Å². The first-order valence-corrected chi connectivity index (χ1v) is 6.21. The Morgan fingerprint density at radius 1 is 1.20 bits per heavy atom. The number of carbonyl (C=O) groups excluding carboxylic acids is 1. The van der Waals surface area contributed by atoms with Crippen LogP contribution in [0.4, 0.5) is 0 Å². The van der Waals surface area contributed by atoms with Gasteiger partial charge in [-0.2, -0.15) is 0 Å². The predicted molar refractivity (Wildman–Crippen MR) is 66.9 cm³/mol. The number of hydrogen-bond donors (Lipinski definition) is 0. The van der Waals surface area contributed by atoms with E-state index in [1.165, 1.54) is 19.3 Å². The summed E-state index contributed by atoms with van der Waals surface area (Å²) < 4.78 is 0. The van der Waals surface area contributed by atoms with E-state index in [1.54, 1.807) is 0 Å². The Labute approximate surface area is 95.0 Å². The van der Waals surface area contributed by atoms with Crippen LogP contribution in [-0.4, -0.2) is 5.78 Å². The minimum absolute atomic E-state index is 0.209. The van der Waals surface area contributed by atoms with Crippen LogP contribution in [0.25, 0.3) is 0 Å². The third-order valence-electron chi connectivity index (χ3n) is 2.83. The first-order valence-electron chi connectivity index (χ1n) is 6.21. The molecule has 0 saturated heterocycles. The number of hydrogen-bond acceptors (Lipinski definition) is 1. The van der Waals surface area contributed by atoms with Crippen LogP contribution in [-0.2, 0) is 4.79 Å². The van der Waals surface area contributed by atoms with Crippen LogP contribution in [0, 0.1) is 11.8 Å². The van der Waals surface area contributed by atoms with Crippen molar-refractivity contribution in [1.82, 2.24) is 0 Å². The summed E-state index contributed by atoms with van der Waals surface area (Å²) in [4.78, 5) is 11.4. The van der Waals surface area contributed by atoms with Gasteiger partial charge in [-0.15, -0.1) is 0 Å². The minimum Gasteiger partial charge on any atom is -0.299 e. The van der Waals surface area contributed by atoms with Crippen molar-refractivity contribution < 1.29 is 4.79 Å². The quantitative estimate of drug-likeness (QED) is 0.429. The van der Waals surface area contributed by atoms with Gasteiger partial charge in [-0.1, -0.05) is 39.3 Å². The minimum atomic E-state index is 0.209. The monoisotopic (exact) mass is 210 g/mol. The van der Waals surface area contributed by atoms with Gasteiger partial charge in [0.05, 0.1) is 0 Å². The smallest absolute Gasteiger partial charge is 0.135 e. The zero-order valence-electron chi connectivity index (χ0n) is 10.8. The maximum Gasteiger partial charge on any atom is 0.135 e. The molecule has 0 radical (unpaired) electrons. The lowest BCUT2D eigenvalue weighted by Gasteiger charge is -2.10. The highest BCUT2D eigenvalue weighted by atomic mass is 16.1. The molecule has 0 heterocycles. The van der Waals surface area contributed by atoms with Gasteiger partial charge < -0.3 is 0 Å². The molecule has 15 heavy (non-hydrogen) atoms. The van der Waals surface area contributed by atoms with Crippen molar-refractivity contribution in [1.29, 1.82) is 0 Å². The topological polar surface area (TPSA) is 17.1 Å². The number of unbranched alkanes of at least 4 members (excludes halogenated alkanes) is 1. The third-order valence-corrected chi connectivity index (χ3v) is 2.83. The van der Waals surface area contributed by atoms with Crippen molar-refractivity contribution in [3.05, 3.63) is 12.2 Å². The van der Waals surface area contributed by atoms with E-state index in [4.69, 9.17) is 0 Å². The summed E-state index contributed by atoms with van der Waals surface area (Å²) in [5, 5.41) is 0. The Morgan fingerprint density at radius 3 is 2.40 bits per heavy atom. The van der Waals surface area contributed by atoms with E-state index in [1.807, 2.05) is 13.8 Å². The van der Waals surface area contributed by atoms with Gasteiger partial charge in [0.15, 0.2) is 0 Å². The Morgan fingerprint density at radius 2 is 1.87 bits per heavy atom. The second-order valence-electron chi connectivity index (χ2n) is 4.76. The molecular weight excluding hydrogens is 184 g/mol. The highest BCUT2D eigenvalue weighted by Crippen LogP contribution is 2.15. The largest absolute Gasteiger partial charge is 0.299 e. The first kappa shape index (κ1) is 14.4. The zero-order chi connectivity index (χ0) is 11.7. The third kappa shape index (κ3) is 8.41. The van der Waals surface area contributed by atoms with Crippen LogP contribution >= 0.6 is 0 Å². The molecule has 0 aliphatic heterocycles. The number of carbonyl (C=O) groups is 1. The molecule has 1 atom stereocenters. The molecule has 0 amide bonds. The van der Waals surface area contributed by atoms with E-state index in [0.29, 0.717) is 11.7 Å². The van der Waals surface area contributed by atoms with Crippen molar-refractivity contribution in [3.63, 3.8) is 0 Å². The van der Waals surface area contributed by atoms with Gasteiger partial charge in [-0.3, -0.25) is 4.79 Å². The fraction of sp³-hybridized carbons (Fsp3) is 0.786. The second-order valence-corrected chi connectivity index (χ2v) is 4.76. The lowest BCUT2D eigenvalue weighted by molar-refractivity contribution is -0.122. The lowest BCUT2D eigenvalue weighted by Crippen LogP contribution is -2.08. The highest BCUT2D eigenvalue weighted by molar-refractivity contribution is 5.80. The van der Waals surface area contributed by atoms with E-state index in [-0.39, 0.29) is 5.92 Å². The van der Waals surface area contributed by atoms with Gasteiger partial charge in [0.2, 0.25) is 0 Å². The molecular formula is C14H26O. The molecule has 1 unspecified atom stereocenters. The van der Waals surface area contributed by atoms with E-state index in [0.717, 1.165) is 12.8 Å². The Kier molecular flexibility index (Phi) is 8.35. The average molecular weight is 210 g/mol. The van der Waals surface area contributed by atoms with Gasteiger partial charge in [0, 0.05) is 12.3 Å². The molecule has 1 heteroatoms. The standard InChI is InChI=1S/C14H26O/c1-5-6-7-8-9-13(4)10-11-14(15)12(2)3/h5-6,12-13H,7-11H2,1-4H3. The van der Waals surface area contributed by atoms with Gasteiger partial charge in [0.1, 0.15) is 5.78 Å². The molecule has 0 aromatic carbocycles. The molecule has 0 aromatic rings. The van der Waals surface area contributed by atoms with Crippen molar-refractivity contribution >= 4 is 5.78 Å². The zero-order valence-corrected chi connectivity index (χ0v) is 10.8. The fourth-order valence-corrected chi connectivity index (χ4v) is 1.57. The fourth-order valence-electron chi connectivity index (χ4n) is 1.57. The van der Waals surface area contributed by atoms with E-state index < -0.39 is 0 Å². The maximum atomic E-state index is 11.4. The van der Waals surface area contributed by atoms with Gasteiger partial charge in [-0.05, 0) is 32.1 Å². The summed E-state index contributed by atoms with van der Waals surface area (Å²) in [6.45, 7) is 8.28. The van der Waals surface area contributed by atoms with Gasteiger partial charge in [0.25, 0.3) is 0 Å². The van der Waals surface area contributed by atoms with Crippen LogP contribution in [0.2, 0.25) is 0 Å². The van der Waals surface area contributed by atoms with Gasteiger partial charge >= 0.3 is 0 Å². The molecule has 0 aliphatic rings. The van der Waals surface area contributed by atoms with Crippen LogP contribution < -0.4 is 0 Å². The predicted octanol–water partition coefficient (Wildman–Crippen LogP) is 4.37. The molecule has 0 bridgehead atoms. The molecule has 0 rings (SSSR count). The van der Waals surface area contributed by atoms with Crippen molar-refractivity contribution in [2.45, 2.75) is 59.8 Å². The van der Waals surface area contributed by atoms with Gasteiger partial charge in [-0.25, -0.2) is 0 Å². The van der Waals surface area contributed by atoms with Crippen LogP contribution in [0.1, 0.15) is 59.8 Å². The van der Waals surface area contributed by atoms with Crippen molar-refractivity contribution in [2.75, 3.05) is 0 Å². The molecule has 1 nitrogen and oxygen atoms in total. The summed E-state index contributed by atoms with van der Waals surface area (Å²) >= 11 is 0. The second kappa shape index (κ2) is 8.70. The SMILES string of the molecule is CC=CCCCC(C)CCC(=O)C(C)C. The summed E-state index contributed by atoms with van der Waals surface area (Å²) in [7, 11) is 0. The summed E-state index contributed by atoms with van der Waals surface area (Å²) in [6.07, 6.45) is 9.82. The average Bonchev–Trinajstić information content (AvgIpc) is 2.20. The lowest BCUT2D eigenvalue weighted by atomic mass is 9.95. The maximum absolute atomic E-state index is 11.4. The number of rotatable bonds is 8. The Bertz CT molecular complexity index is 192. The normalized spacial score (nSPS) is 13.7. The summed E-state index contributed by atoms with van der Waals surface area (Å²) in [5.41, 5.74) is 0. The van der Waals surface area contributed by atoms with Crippen LogP contribution in [0.3, 0.4) is 0 Å². The number of Topliss-reactive ketones (excluding diaryl/α,β-unsaturated/α-hetero) is 1. The number of allylic oxidation sites excluding steroid dienone is 2. The van der Waals surface area contributed by atoms with E-state index >= 15 is 0 Å². The van der Waals surface area contributed by atoms with E-state index in [2.05, 4.69) is 26.0 Å². The number of ketones is 1. The van der Waals surface area contributed by atoms with Crippen LogP contribution in [0.15, 0.2) is 12.2 Å². The first-order chi connectivity index (χ1) is 7.07. The molecule has 0 fully saturated rings. The molecule has 88 valence electrons. The molecule has 0 aromatic heterocycles. The van der Waals surface area contributed by atoms with Crippen LogP contribution in [0.5, 0.6) is 0 Å². The Balaban J connectivity index is 3.48. The highest BCUT2D eigenvalue weighted by Gasteiger charge is 2.09.